The Hall–Kier alpha value is -5.44. The zero-order valence-electron chi connectivity index (χ0n) is 25.6. The number of halogens is 1. The smallest absolute Gasteiger partial charge is 0.308 e. The Labute approximate surface area is 271 Å². The van der Waals surface area contributed by atoms with Gasteiger partial charge in [-0.1, -0.05) is 91.0 Å². The maximum Gasteiger partial charge on any atom is 0.308 e. The number of nitrogens with one attached hydrogen (secondary N) is 1. The molecular formula is C38H33FN6O2. The molecule has 0 saturated heterocycles. The number of fused-ring (bicyclic) bond motifs is 4. The lowest BCUT2D eigenvalue weighted by molar-refractivity contribution is -0.148. The Bertz CT molecular complexity index is 1950. The quantitative estimate of drug-likeness (QED) is 0.173. The fraction of sp³-hybridized carbons (Fsp3) is 0.237. The summed E-state index contributed by atoms with van der Waals surface area (Å²) in [5, 5.41) is 19.3. The molecule has 3 aliphatic rings. The highest BCUT2D eigenvalue weighted by molar-refractivity contribution is 5.91. The van der Waals surface area contributed by atoms with Crippen LogP contribution < -0.4 is 5.32 Å². The third-order valence-corrected chi connectivity index (χ3v) is 10.1. The number of anilines is 1. The first-order chi connectivity index (χ1) is 23.0. The summed E-state index contributed by atoms with van der Waals surface area (Å²) in [6.45, 7) is 0. The van der Waals surface area contributed by atoms with Gasteiger partial charge in [-0.2, -0.15) is 5.10 Å². The molecule has 3 aliphatic carbocycles. The number of hydrogen-bond donors (Lipinski definition) is 2. The van der Waals surface area contributed by atoms with Gasteiger partial charge in [-0.3, -0.25) is 9.78 Å². The predicted molar refractivity (Wildman–Crippen MR) is 177 cm³/mol. The number of hydrogen-bond acceptors (Lipinski definition) is 6. The van der Waals surface area contributed by atoms with Crippen molar-refractivity contribution in [3.63, 3.8) is 0 Å². The van der Waals surface area contributed by atoms with Crippen LogP contribution in [0.1, 0.15) is 42.4 Å². The third kappa shape index (κ3) is 4.85. The second kappa shape index (κ2) is 11.7. The van der Waals surface area contributed by atoms with Crippen molar-refractivity contribution < 1.29 is 14.3 Å². The highest BCUT2D eigenvalue weighted by Gasteiger charge is 2.47. The first kappa shape index (κ1) is 29.0. The average molecular weight is 625 g/mol. The largest absolute Gasteiger partial charge is 0.481 e. The molecule has 47 heavy (non-hydrogen) atoms. The molecule has 9 heteroatoms. The van der Waals surface area contributed by atoms with Crippen molar-refractivity contribution in [2.75, 3.05) is 5.32 Å². The van der Waals surface area contributed by atoms with Crippen molar-refractivity contribution in [2.45, 2.75) is 37.3 Å². The molecule has 3 saturated carbocycles. The molecular weight excluding hydrogens is 591 g/mol. The lowest BCUT2D eigenvalue weighted by atomic mass is 9.61. The number of aromatic nitrogens is 5. The lowest BCUT2D eigenvalue weighted by Crippen LogP contribution is -2.51. The second-order valence-electron chi connectivity index (χ2n) is 12.6. The van der Waals surface area contributed by atoms with Crippen LogP contribution >= 0.6 is 0 Å². The topological polar surface area (TPSA) is 106 Å². The highest BCUT2D eigenvalue weighted by Crippen LogP contribution is 2.47. The van der Waals surface area contributed by atoms with Crippen LogP contribution in [0.15, 0.2) is 116 Å². The molecule has 2 unspecified atom stereocenters. The van der Waals surface area contributed by atoms with Crippen molar-refractivity contribution in [1.82, 2.24) is 24.7 Å². The standard InChI is InChI=1S/C38H33FN6O2/c39-29-20-30-35(31-22-40-23-32(42-31)43-34-25-18-16-24(17-19-25)33(34)37(46)47)44-45(36(30)41-21-29)38(26-10-4-1-5-11-26,27-12-6-2-7-13-27)28-14-8-3-9-15-28/h1-15,20-25,33-34H,16-19H2,(H,42,43)(H,46,47). The van der Waals surface area contributed by atoms with Gasteiger partial charge in [0, 0.05) is 6.04 Å². The van der Waals surface area contributed by atoms with Crippen LogP contribution in [-0.2, 0) is 10.3 Å². The molecule has 3 aromatic heterocycles. The summed E-state index contributed by atoms with van der Waals surface area (Å²) in [5.41, 5.74) is 3.21. The predicted octanol–water partition coefficient (Wildman–Crippen LogP) is 7.17. The van der Waals surface area contributed by atoms with Crippen molar-refractivity contribution in [2.24, 2.45) is 17.8 Å². The molecule has 3 fully saturated rings. The van der Waals surface area contributed by atoms with E-state index in [0.29, 0.717) is 28.2 Å². The number of carbonyl (C=O) groups is 1. The van der Waals surface area contributed by atoms with E-state index in [-0.39, 0.29) is 17.9 Å². The normalized spacial score (nSPS) is 20.7. The van der Waals surface area contributed by atoms with Crippen LogP contribution in [-0.4, -0.2) is 41.9 Å². The lowest BCUT2D eigenvalue weighted by Gasteiger charge is -2.47. The maximum absolute atomic E-state index is 15.0. The van der Waals surface area contributed by atoms with Crippen molar-refractivity contribution in [1.29, 1.82) is 0 Å². The number of carboxylic acids is 1. The van der Waals surface area contributed by atoms with E-state index in [1.807, 2.05) is 59.3 Å². The van der Waals surface area contributed by atoms with Crippen LogP contribution in [0.5, 0.6) is 0 Å². The molecule has 0 amide bonds. The molecule has 8 nitrogen and oxygen atoms in total. The zero-order valence-corrected chi connectivity index (χ0v) is 25.6. The molecule has 3 heterocycles. The maximum atomic E-state index is 15.0. The van der Waals surface area contributed by atoms with E-state index in [9.17, 15) is 14.3 Å². The Morgan fingerprint density at radius 3 is 1.96 bits per heavy atom. The summed E-state index contributed by atoms with van der Waals surface area (Å²) < 4.78 is 16.9. The number of carboxylic acid groups (broad SMARTS) is 1. The summed E-state index contributed by atoms with van der Waals surface area (Å²) in [5.74, 6) is -0.859. The van der Waals surface area contributed by atoms with E-state index in [2.05, 4.69) is 51.7 Å². The fourth-order valence-electron chi connectivity index (χ4n) is 8.04. The Balaban J connectivity index is 1.33. The minimum atomic E-state index is -0.982. The number of aliphatic carboxylic acids is 1. The number of pyridine rings is 1. The molecule has 3 aromatic carbocycles. The van der Waals surface area contributed by atoms with Crippen molar-refractivity contribution >= 4 is 22.8 Å². The Morgan fingerprint density at radius 1 is 0.809 bits per heavy atom. The van der Waals surface area contributed by atoms with Crippen molar-refractivity contribution in [3.8, 4) is 11.4 Å². The van der Waals surface area contributed by atoms with Crippen LogP contribution in [0.3, 0.4) is 0 Å². The molecule has 234 valence electrons. The summed E-state index contributed by atoms with van der Waals surface area (Å²) in [7, 11) is 0. The van der Waals surface area contributed by atoms with E-state index in [0.717, 1.165) is 42.4 Å². The van der Waals surface area contributed by atoms with Gasteiger partial charge in [-0.25, -0.2) is 19.0 Å². The molecule has 2 atom stereocenters. The van der Waals surface area contributed by atoms with E-state index in [1.165, 1.54) is 12.3 Å². The SMILES string of the molecule is O=C(O)C1C2CCC(CC2)C1Nc1cncc(-c2nn(C(c3ccccc3)(c3ccccc3)c3ccccc3)c3ncc(F)cc23)n1. The highest BCUT2D eigenvalue weighted by atomic mass is 19.1. The first-order valence-electron chi connectivity index (χ1n) is 16.1. The molecule has 2 bridgehead atoms. The summed E-state index contributed by atoms with van der Waals surface area (Å²) in [6, 6.07) is 31.5. The van der Waals surface area contributed by atoms with E-state index < -0.39 is 23.2 Å². The van der Waals surface area contributed by atoms with E-state index >= 15 is 0 Å². The van der Waals surface area contributed by atoms with Crippen LogP contribution in [0.2, 0.25) is 0 Å². The van der Waals surface area contributed by atoms with Gasteiger partial charge in [-0.15, -0.1) is 0 Å². The Kier molecular flexibility index (Phi) is 7.24. The van der Waals surface area contributed by atoms with Gasteiger partial charge in [0.25, 0.3) is 0 Å². The second-order valence-corrected chi connectivity index (χ2v) is 12.6. The molecule has 0 spiro atoms. The summed E-state index contributed by atoms with van der Waals surface area (Å²) in [6.07, 6.45) is 8.33. The number of rotatable bonds is 8. The minimum Gasteiger partial charge on any atom is -0.481 e. The molecule has 2 N–H and O–H groups in total. The minimum absolute atomic E-state index is 0.155. The summed E-state index contributed by atoms with van der Waals surface area (Å²) in [4.78, 5) is 26.4. The van der Waals surface area contributed by atoms with Crippen LogP contribution in [0.4, 0.5) is 10.2 Å². The van der Waals surface area contributed by atoms with Gasteiger partial charge >= 0.3 is 5.97 Å². The first-order valence-corrected chi connectivity index (χ1v) is 16.1. The van der Waals surface area contributed by atoms with Gasteiger partial charge in [0.05, 0.1) is 29.9 Å². The fourth-order valence-corrected chi connectivity index (χ4v) is 8.04. The molecule has 6 aromatic rings. The number of benzene rings is 3. The number of nitrogens with zero attached hydrogens (tertiary/aromatic N) is 5. The molecule has 0 aliphatic heterocycles. The molecule has 0 radical (unpaired) electrons. The summed E-state index contributed by atoms with van der Waals surface area (Å²) >= 11 is 0. The monoisotopic (exact) mass is 624 g/mol. The van der Waals surface area contributed by atoms with Gasteiger partial charge < -0.3 is 10.4 Å². The van der Waals surface area contributed by atoms with Crippen LogP contribution in [0, 0.1) is 23.6 Å². The van der Waals surface area contributed by atoms with Crippen LogP contribution in [0.25, 0.3) is 22.4 Å². The third-order valence-electron chi connectivity index (χ3n) is 10.1. The zero-order chi connectivity index (χ0) is 32.0. The average Bonchev–Trinajstić information content (AvgIpc) is 3.49. The Morgan fingerprint density at radius 2 is 1.38 bits per heavy atom. The van der Waals surface area contributed by atoms with Gasteiger partial charge in [0.1, 0.15) is 28.6 Å². The van der Waals surface area contributed by atoms with E-state index in [1.54, 1.807) is 12.4 Å². The van der Waals surface area contributed by atoms with Gasteiger partial charge in [0.15, 0.2) is 5.65 Å². The van der Waals surface area contributed by atoms with Gasteiger partial charge in [-0.05, 0) is 60.3 Å². The van der Waals surface area contributed by atoms with Crippen molar-refractivity contribution in [3.05, 3.63) is 138 Å². The molecule has 9 rings (SSSR count). The van der Waals surface area contributed by atoms with E-state index in [4.69, 9.17) is 10.1 Å². The van der Waals surface area contributed by atoms with Gasteiger partial charge in [0.2, 0.25) is 0 Å².